The Morgan fingerprint density at radius 1 is 1.44 bits per heavy atom. The molecule has 0 amide bonds. The van der Waals surface area contributed by atoms with Crippen LogP contribution in [0.2, 0.25) is 0 Å². The van der Waals surface area contributed by atoms with Crippen LogP contribution in [0.5, 0.6) is 0 Å². The Morgan fingerprint density at radius 3 is 2.50 bits per heavy atom. The summed E-state index contributed by atoms with van der Waals surface area (Å²) in [5, 5.41) is 0. The molecule has 1 unspecified atom stereocenters. The molecule has 4 nitrogen and oxygen atoms in total. The molecule has 0 aliphatic carbocycles. The number of aryl methyl sites for hydroxylation is 1. The van der Waals surface area contributed by atoms with Gasteiger partial charge >= 0.3 is 0 Å². The van der Waals surface area contributed by atoms with Crippen molar-refractivity contribution < 1.29 is 12.8 Å². The molecule has 0 radical (unpaired) electrons. The van der Waals surface area contributed by atoms with Crippen molar-refractivity contribution >= 4 is 22.4 Å². The van der Waals surface area contributed by atoms with Crippen molar-refractivity contribution in [2.45, 2.75) is 24.8 Å². The molecule has 18 heavy (non-hydrogen) atoms. The van der Waals surface area contributed by atoms with Crippen LogP contribution < -0.4 is 5.73 Å². The molecule has 1 rings (SSSR count). The second-order valence-corrected chi connectivity index (χ2v) is 6.01. The van der Waals surface area contributed by atoms with E-state index in [1.807, 2.05) is 0 Å². The summed E-state index contributed by atoms with van der Waals surface area (Å²) >= 11 is 0. The summed E-state index contributed by atoms with van der Waals surface area (Å²) in [6.45, 7) is 3.57. The van der Waals surface area contributed by atoms with Gasteiger partial charge in [-0.15, -0.1) is 12.4 Å². The summed E-state index contributed by atoms with van der Waals surface area (Å²) in [5.41, 5.74) is 6.11. The zero-order chi connectivity index (χ0) is 13.2. The third-order valence-corrected chi connectivity index (χ3v) is 4.69. The SMILES string of the molecule is Cc1ccc(F)c(S(=O)(=O)N(C)C(C)CN)c1.Cl. The van der Waals surface area contributed by atoms with Gasteiger partial charge in [0.15, 0.2) is 0 Å². The summed E-state index contributed by atoms with van der Waals surface area (Å²) in [6, 6.07) is 3.63. The molecule has 7 heteroatoms. The van der Waals surface area contributed by atoms with Crippen LogP contribution in [0.25, 0.3) is 0 Å². The molecule has 1 aromatic carbocycles. The van der Waals surface area contributed by atoms with E-state index in [4.69, 9.17) is 5.73 Å². The lowest BCUT2D eigenvalue weighted by molar-refractivity contribution is 0.391. The molecule has 1 aromatic rings. The van der Waals surface area contributed by atoms with Gasteiger partial charge in [0.1, 0.15) is 10.7 Å². The molecule has 0 fully saturated rings. The Morgan fingerprint density at radius 2 is 2.00 bits per heavy atom. The highest BCUT2D eigenvalue weighted by molar-refractivity contribution is 7.89. The standard InChI is InChI=1S/C11H17FN2O2S.ClH/c1-8-4-5-10(12)11(6-8)17(15,16)14(3)9(2)7-13;/h4-6,9H,7,13H2,1-3H3;1H. The average molecular weight is 297 g/mol. The maximum Gasteiger partial charge on any atom is 0.246 e. The Bertz CT molecular complexity index is 508. The van der Waals surface area contributed by atoms with Crippen LogP contribution in [0, 0.1) is 12.7 Å². The van der Waals surface area contributed by atoms with Gasteiger partial charge in [-0.1, -0.05) is 6.07 Å². The van der Waals surface area contributed by atoms with Gasteiger partial charge in [0.05, 0.1) is 0 Å². The first kappa shape index (κ1) is 17.3. The lowest BCUT2D eigenvalue weighted by Gasteiger charge is -2.23. The third-order valence-electron chi connectivity index (χ3n) is 2.71. The van der Waals surface area contributed by atoms with Gasteiger partial charge in [-0.3, -0.25) is 0 Å². The Kier molecular flexibility index (Phi) is 6.22. The number of nitrogens with two attached hydrogens (primary N) is 1. The second kappa shape index (κ2) is 6.47. The number of rotatable bonds is 4. The van der Waals surface area contributed by atoms with E-state index in [0.717, 1.165) is 10.4 Å². The van der Waals surface area contributed by atoms with Crippen LogP contribution >= 0.6 is 12.4 Å². The van der Waals surface area contributed by atoms with Gasteiger partial charge in [-0.25, -0.2) is 12.8 Å². The number of hydrogen-bond acceptors (Lipinski definition) is 3. The number of benzene rings is 1. The topological polar surface area (TPSA) is 63.4 Å². The van der Waals surface area contributed by atoms with Crippen molar-refractivity contribution in [2.24, 2.45) is 5.73 Å². The van der Waals surface area contributed by atoms with Crippen LogP contribution in [0.4, 0.5) is 4.39 Å². The van der Waals surface area contributed by atoms with E-state index < -0.39 is 15.8 Å². The minimum absolute atomic E-state index is 0. The maximum atomic E-state index is 13.6. The molecule has 0 aliphatic heterocycles. The predicted molar refractivity (Wildman–Crippen MR) is 71.9 cm³/mol. The van der Waals surface area contributed by atoms with E-state index in [9.17, 15) is 12.8 Å². The second-order valence-electron chi connectivity index (χ2n) is 4.04. The van der Waals surface area contributed by atoms with E-state index in [-0.39, 0.29) is 29.9 Å². The van der Waals surface area contributed by atoms with Crippen molar-refractivity contribution in [3.8, 4) is 0 Å². The molecule has 1 atom stereocenters. The van der Waals surface area contributed by atoms with Crippen molar-refractivity contribution in [3.05, 3.63) is 29.6 Å². The number of sulfonamides is 1. The lowest BCUT2D eigenvalue weighted by atomic mass is 10.2. The molecule has 0 bridgehead atoms. The minimum atomic E-state index is -3.83. The first-order valence-corrected chi connectivity index (χ1v) is 6.69. The summed E-state index contributed by atoms with van der Waals surface area (Å²) < 4.78 is 38.9. The van der Waals surface area contributed by atoms with E-state index in [0.29, 0.717) is 5.56 Å². The van der Waals surface area contributed by atoms with Gasteiger partial charge in [0.2, 0.25) is 10.0 Å². The van der Waals surface area contributed by atoms with Crippen molar-refractivity contribution in [1.82, 2.24) is 4.31 Å². The van der Waals surface area contributed by atoms with Gasteiger partial charge < -0.3 is 5.73 Å². The number of halogens is 2. The molecule has 0 aromatic heterocycles. The predicted octanol–water partition coefficient (Wildman–Crippen LogP) is 1.52. The summed E-state index contributed by atoms with van der Waals surface area (Å²) in [5.74, 6) is -0.744. The van der Waals surface area contributed by atoms with Gasteiger partial charge in [0, 0.05) is 19.6 Å². The zero-order valence-corrected chi connectivity index (χ0v) is 12.2. The quantitative estimate of drug-likeness (QED) is 0.916. The van der Waals surface area contributed by atoms with Crippen molar-refractivity contribution in [3.63, 3.8) is 0 Å². The molecular weight excluding hydrogens is 279 g/mol. The first-order valence-electron chi connectivity index (χ1n) is 5.25. The lowest BCUT2D eigenvalue weighted by Crippen LogP contribution is -2.40. The van der Waals surface area contributed by atoms with E-state index >= 15 is 0 Å². The number of nitrogens with zero attached hydrogens (tertiary/aromatic N) is 1. The summed E-state index contributed by atoms with van der Waals surface area (Å²) in [7, 11) is -2.43. The molecule has 2 N–H and O–H groups in total. The molecular formula is C11H18ClFN2O2S. The van der Waals surface area contributed by atoms with Crippen molar-refractivity contribution in [1.29, 1.82) is 0 Å². The van der Waals surface area contributed by atoms with Gasteiger partial charge in [-0.2, -0.15) is 4.31 Å². The Balaban J connectivity index is 0.00000289. The monoisotopic (exact) mass is 296 g/mol. The Hall–Kier alpha value is -0.690. The van der Waals surface area contributed by atoms with E-state index in [1.165, 1.54) is 19.2 Å². The zero-order valence-electron chi connectivity index (χ0n) is 10.6. The number of hydrogen-bond donors (Lipinski definition) is 1. The highest BCUT2D eigenvalue weighted by Crippen LogP contribution is 2.20. The average Bonchev–Trinajstić information content (AvgIpc) is 2.30. The van der Waals surface area contributed by atoms with Crippen LogP contribution in [0.15, 0.2) is 23.1 Å². The highest BCUT2D eigenvalue weighted by atomic mass is 35.5. The number of likely N-dealkylation sites (N-methyl/N-ethyl adjacent to an activating group) is 1. The third kappa shape index (κ3) is 3.41. The molecule has 0 aliphatic rings. The molecule has 0 spiro atoms. The molecule has 0 saturated carbocycles. The maximum absolute atomic E-state index is 13.6. The molecule has 104 valence electrons. The normalized spacial score (nSPS) is 13.2. The van der Waals surface area contributed by atoms with E-state index in [1.54, 1.807) is 13.8 Å². The summed E-state index contributed by atoms with van der Waals surface area (Å²) in [6.07, 6.45) is 0. The van der Waals surface area contributed by atoms with Crippen LogP contribution in [0.3, 0.4) is 0 Å². The van der Waals surface area contributed by atoms with Crippen LogP contribution in [-0.2, 0) is 10.0 Å². The summed E-state index contributed by atoms with van der Waals surface area (Å²) in [4.78, 5) is -0.305. The van der Waals surface area contributed by atoms with Crippen LogP contribution in [-0.4, -0.2) is 32.4 Å². The fourth-order valence-electron chi connectivity index (χ4n) is 1.35. The minimum Gasteiger partial charge on any atom is -0.329 e. The fourth-order valence-corrected chi connectivity index (χ4v) is 2.87. The van der Waals surface area contributed by atoms with Crippen molar-refractivity contribution in [2.75, 3.05) is 13.6 Å². The van der Waals surface area contributed by atoms with E-state index in [2.05, 4.69) is 0 Å². The molecule has 0 heterocycles. The van der Waals surface area contributed by atoms with Gasteiger partial charge in [-0.05, 0) is 31.5 Å². The fraction of sp³-hybridized carbons (Fsp3) is 0.455. The smallest absolute Gasteiger partial charge is 0.246 e. The highest BCUT2D eigenvalue weighted by Gasteiger charge is 2.27. The Labute approximate surface area is 113 Å². The van der Waals surface area contributed by atoms with Gasteiger partial charge in [0.25, 0.3) is 0 Å². The van der Waals surface area contributed by atoms with Crippen LogP contribution in [0.1, 0.15) is 12.5 Å². The first-order chi connectivity index (χ1) is 7.80. The largest absolute Gasteiger partial charge is 0.329 e. The molecule has 0 saturated heterocycles.